The predicted octanol–water partition coefficient (Wildman–Crippen LogP) is 6.50. The SMILES string of the molecule is CCCCCCCCN1C=CN(CC)C1OP(=O)(OCCCC)OCCCC. The van der Waals surface area contributed by atoms with Gasteiger partial charge in [-0.05, 0) is 26.2 Å². The van der Waals surface area contributed by atoms with Crippen LogP contribution in [0.4, 0.5) is 0 Å². The van der Waals surface area contributed by atoms with Crippen molar-refractivity contribution in [1.29, 1.82) is 0 Å². The minimum atomic E-state index is -3.59. The third-order valence-electron chi connectivity index (χ3n) is 4.87. The lowest BCUT2D eigenvalue weighted by Gasteiger charge is -2.33. The van der Waals surface area contributed by atoms with Crippen LogP contribution in [-0.2, 0) is 18.1 Å². The highest BCUT2D eigenvalue weighted by molar-refractivity contribution is 7.48. The van der Waals surface area contributed by atoms with Crippen LogP contribution in [0.1, 0.15) is 91.9 Å². The quantitative estimate of drug-likeness (QED) is 0.187. The van der Waals surface area contributed by atoms with Crippen molar-refractivity contribution in [2.75, 3.05) is 26.3 Å². The number of hydrogen-bond donors (Lipinski definition) is 0. The molecule has 0 aromatic carbocycles. The highest BCUT2D eigenvalue weighted by Gasteiger charge is 2.37. The first-order valence-electron chi connectivity index (χ1n) is 11.4. The number of phosphoric ester groups is 1. The second-order valence-electron chi connectivity index (χ2n) is 7.39. The minimum absolute atomic E-state index is 0.392. The third-order valence-corrected chi connectivity index (χ3v) is 6.31. The molecule has 1 aliphatic heterocycles. The van der Waals surface area contributed by atoms with E-state index in [1.54, 1.807) is 0 Å². The van der Waals surface area contributed by atoms with E-state index in [1.165, 1.54) is 32.1 Å². The van der Waals surface area contributed by atoms with Gasteiger partial charge in [-0.25, -0.2) is 9.09 Å². The van der Waals surface area contributed by atoms with Crippen LogP contribution in [0.3, 0.4) is 0 Å². The first-order chi connectivity index (χ1) is 13.6. The Morgan fingerprint density at radius 3 is 1.86 bits per heavy atom. The molecule has 6 nitrogen and oxygen atoms in total. The van der Waals surface area contributed by atoms with Crippen molar-refractivity contribution in [3.05, 3.63) is 12.4 Å². The van der Waals surface area contributed by atoms with Crippen LogP contribution in [0.25, 0.3) is 0 Å². The van der Waals surface area contributed by atoms with Crippen LogP contribution in [-0.4, -0.2) is 42.5 Å². The van der Waals surface area contributed by atoms with Gasteiger partial charge in [0.25, 0.3) is 0 Å². The van der Waals surface area contributed by atoms with E-state index in [1.807, 2.05) is 17.3 Å². The summed E-state index contributed by atoms with van der Waals surface area (Å²) in [5.74, 6) is 0. The molecule has 0 saturated heterocycles. The van der Waals surface area contributed by atoms with E-state index in [4.69, 9.17) is 13.6 Å². The molecule has 1 rings (SSSR count). The molecule has 0 aromatic rings. The van der Waals surface area contributed by atoms with Gasteiger partial charge in [0, 0.05) is 25.5 Å². The zero-order chi connectivity index (χ0) is 20.7. The Kier molecular flexibility index (Phi) is 13.9. The molecule has 0 saturated carbocycles. The topological polar surface area (TPSA) is 51.2 Å². The Hall–Kier alpha value is -0.550. The molecule has 28 heavy (non-hydrogen) atoms. The summed E-state index contributed by atoms with van der Waals surface area (Å²) in [7, 11) is -3.59. The van der Waals surface area contributed by atoms with Crippen LogP contribution in [0, 0.1) is 0 Å². The minimum Gasteiger partial charge on any atom is -0.334 e. The lowest BCUT2D eigenvalue weighted by molar-refractivity contribution is -0.0537. The van der Waals surface area contributed by atoms with Crippen LogP contribution < -0.4 is 0 Å². The van der Waals surface area contributed by atoms with Crippen molar-refractivity contribution in [2.24, 2.45) is 0 Å². The van der Waals surface area contributed by atoms with Gasteiger partial charge in [-0.2, -0.15) is 0 Å². The summed E-state index contributed by atoms with van der Waals surface area (Å²) in [6.07, 6.45) is 14.7. The van der Waals surface area contributed by atoms with Crippen LogP contribution in [0.15, 0.2) is 12.4 Å². The lowest BCUT2D eigenvalue weighted by Crippen LogP contribution is -2.40. The maximum absolute atomic E-state index is 13.2. The molecule has 0 bridgehead atoms. The number of rotatable bonds is 18. The molecular formula is C21H43N2O4P. The van der Waals surface area contributed by atoms with Crippen LogP contribution in [0.2, 0.25) is 0 Å². The van der Waals surface area contributed by atoms with E-state index < -0.39 is 14.2 Å². The first-order valence-corrected chi connectivity index (χ1v) is 12.8. The fourth-order valence-electron chi connectivity index (χ4n) is 3.01. The van der Waals surface area contributed by atoms with Gasteiger partial charge in [-0.1, -0.05) is 65.7 Å². The fraction of sp³-hybridized carbons (Fsp3) is 0.905. The van der Waals surface area contributed by atoms with E-state index in [0.29, 0.717) is 13.2 Å². The zero-order valence-corrected chi connectivity index (χ0v) is 19.5. The number of unbranched alkanes of at least 4 members (excludes halogenated alkanes) is 7. The van der Waals surface area contributed by atoms with Gasteiger partial charge in [0.15, 0.2) is 0 Å². The summed E-state index contributed by atoms with van der Waals surface area (Å²) in [5.41, 5.74) is 0. The Bertz CT molecular complexity index is 448. The van der Waals surface area contributed by atoms with Crippen LogP contribution >= 0.6 is 7.82 Å². The summed E-state index contributed by atoms with van der Waals surface area (Å²) in [6.45, 7) is 10.9. The fourth-order valence-corrected chi connectivity index (χ4v) is 4.38. The van der Waals surface area contributed by atoms with Crippen molar-refractivity contribution < 1.29 is 18.1 Å². The van der Waals surface area contributed by atoms with Crippen molar-refractivity contribution >= 4 is 7.82 Å². The number of hydrogen-bond acceptors (Lipinski definition) is 6. The highest BCUT2D eigenvalue weighted by Crippen LogP contribution is 2.52. The largest absolute Gasteiger partial charge is 0.478 e. The molecule has 0 aliphatic carbocycles. The predicted molar refractivity (Wildman–Crippen MR) is 116 cm³/mol. The smallest absolute Gasteiger partial charge is 0.334 e. The molecule has 0 aromatic heterocycles. The Morgan fingerprint density at radius 2 is 1.29 bits per heavy atom. The summed E-state index contributed by atoms with van der Waals surface area (Å²) >= 11 is 0. The molecule has 0 fully saturated rings. The average molecular weight is 419 g/mol. The van der Waals surface area contributed by atoms with E-state index in [-0.39, 0.29) is 0 Å². The number of phosphoric acid groups is 1. The normalized spacial score (nSPS) is 17.1. The summed E-state index contributed by atoms with van der Waals surface area (Å²) in [4.78, 5) is 4.15. The molecule has 0 N–H and O–H groups in total. The van der Waals surface area contributed by atoms with E-state index >= 15 is 0 Å². The van der Waals surface area contributed by atoms with Crippen molar-refractivity contribution in [1.82, 2.24) is 9.80 Å². The van der Waals surface area contributed by atoms with Gasteiger partial charge in [0.2, 0.25) is 6.35 Å². The van der Waals surface area contributed by atoms with E-state index in [2.05, 4.69) is 32.6 Å². The van der Waals surface area contributed by atoms with Crippen molar-refractivity contribution in [2.45, 2.75) is 98.3 Å². The first kappa shape index (κ1) is 25.5. The third kappa shape index (κ3) is 9.78. The monoisotopic (exact) mass is 418 g/mol. The highest BCUT2D eigenvalue weighted by atomic mass is 31.2. The molecule has 0 radical (unpaired) electrons. The molecule has 0 spiro atoms. The van der Waals surface area contributed by atoms with Gasteiger partial charge in [-0.15, -0.1) is 0 Å². The molecule has 166 valence electrons. The average Bonchev–Trinajstić information content (AvgIpc) is 3.06. The summed E-state index contributed by atoms with van der Waals surface area (Å²) in [5, 5.41) is 0. The van der Waals surface area contributed by atoms with Gasteiger partial charge in [0.1, 0.15) is 0 Å². The number of nitrogens with zero attached hydrogens (tertiary/aromatic N) is 2. The second kappa shape index (κ2) is 15.3. The van der Waals surface area contributed by atoms with Gasteiger partial charge in [0.05, 0.1) is 13.2 Å². The maximum atomic E-state index is 13.2. The van der Waals surface area contributed by atoms with Crippen molar-refractivity contribution in [3.8, 4) is 0 Å². The zero-order valence-electron chi connectivity index (χ0n) is 18.6. The Morgan fingerprint density at radius 1 is 0.750 bits per heavy atom. The second-order valence-corrected chi connectivity index (χ2v) is 9.01. The molecule has 1 unspecified atom stereocenters. The molecular weight excluding hydrogens is 375 g/mol. The molecule has 0 amide bonds. The Balaban J connectivity index is 2.62. The maximum Gasteiger partial charge on any atom is 0.478 e. The molecule has 7 heteroatoms. The van der Waals surface area contributed by atoms with Gasteiger partial charge >= 0.3 is 7.82 Å². The summed E-state index contributed by atoms with van der Waals surface area (Å²) < 4.78 is 30.5. The van der Waals surface area contributed by atoms with E-state index in [0.717, 1.165) is 45.2 Å². The lowest BCUT2D eigenvalue weighted by atomic mass is 10.1. The van der Waals surface area contributed by atoms with Crippen molar-refractivity contribution in [3.63, 3.8) is 0 Å². The molecule has 1 aliphatic rings. The van der Waals surface area contributed by atoms with E-state index in [9.17, 15) is 4.57 Å². The Labute approximate surface area is 173 Å². The van der Waals surface area contributed by atoms with Gasteiger partial charge < -0.3 is 9.80 Å². The molecule has 1 atom stereocenters. The standard InChI is InChI=1S/C21H43N2O4P/c1-5-9-12-13-14-15-16-23-18-17-22(8-4)21(23)27-28(24,25-19-10-6-2)26-20-11-7-3/h17-18,21H,5-16,19-20H2,1-4H3. The van der Waals surface area contributed by atoms with Crippen LogP contribution in [0.5, 0.6) is 0 Å². The molecule has 1 heterocycles. The summed E-state index contributed by atoms with van der Waals surface area (Å²) in [6, 6.07) is 0. The van der Waals surface area contributed by atoms with Gasteiger partial charge in [-0.3, -0.25) is 9.05 Å².